The molecule has 1 unspecified atom stereocenters. The normalized spacial score (nSPS) is 18.2. The van der Waals surface area contributed by atoms with Crippen LogP contribution in [0.25, 0.3) is 11.0 Å². The molecule has 1 aliphatic rings. The maximum Gasteiger partial charge on any atom is 0.431 e. The SMILES string of the molecule is CC1=C(C(=O)O)C(c2cccc3nonc23)C(C(=O)O)=C(C(F)(F)F)N1. The van der Waals surface area contributed by atoms with Crippen molar-refractivity contribution in [3.63, 3.8) is 0 Å². The van der Waals surface area contributed by atoms with Crippen molar-refractivity contribution in [2.75, 3.05) is 0 Å². The van der Waals surface area contributed by atoms with Gasteiger partial charge >= 0.3 is 18.1 Å². The van der Waals surface area contributed by atoms with Gasteiger partial charge in [0.2, 0.25) is 0 Å². The van der Waals surface area contributed by atoms with Gasteiger partial charge in [0.05, 0.1) is 17.1 Å². The number of alkyl halides is 3. The van der Waals surface area contributed by atoms with Gasteiger partial charge in [-0.15, -0.1) is 0 Å². The molecule has 0 saturated heterocycles. The van der Waals surface area contributed by atoms with Crippen LogP contribution in [0.3, 0.4) is 0 Å². The summed E-state index contributed by atoms with van der Waals surface area (Å²) in [5.74, 6) is -5.19. The molecule has 8 nitrogen and oxygen atoms in total. The van der Waals surface area contributed by atoms with E-state index in [1.54, 1.807) is 0 Å². The number of fused-ring (bicyclic) bond motifs is 1. The fraction of sp³-hybridized carbons (Fsp3) is 0.200. The molecule has 0 amide bonds. The van der Waals surface area contributed by atoms with Crippen LogP contribution in [-0.4, -0.2) is 38.6 Å². The van der Waals surface area contributed by atoms with Crippen molar-refractivity contribution in [1.29, 1.82) is 0 Å². The van der Waals surface area contributed by atoms with Gasteiger partial charge < -0.3 is 15.5 Å². The molecule has 1 aromatic heterocycles. The highest BCUT2D eigenvalue weighted by molar-refractivity contribution is 6.00. The Bertz CT molecular complexity index is 990. The average molecular weight is 369 g/mol. The molecule has 26 heavy (non-hydrogen) atoms. The number of carboxylic acids is 2. The number of aliphatic carboxylic acids is 2. The summed E-state index contributed by atoms with van der Waals surface area (Å²) < 4.78 is 44.7. The van der Waals surface area contributed by atoms with Crippen LogP contribution in [0.15, 0.2) is 45.4 Å². The number of aromatic nitrogens is 2. The number of nitrogens with one attached hydrogen (secondary N) is 1. The minimum absolute atomic E-state index is 0.0220. The van der Waals surface area contributed by atoms with Crippen molar-refractivity contribution in [2.24, 2.45) is 0 Å². The van der Waals surface area contributed by atoms with E-state index in [0.717, 1.165) is 6.92 Å². The molecule has 0 spiro atoms. The molecule has 0 aliphatic carbocycles. The lowest BCUT2D eigenvalue weighted by atomic mass is 9.79. The topological polar surface area (TPSA) is 126 Å². The van der Waals surface area contributed by atoms with Crippen molar-refractivity contribution in [2.45, 2.75) is 19.0 Å². The highest BCUT2D eigenvalue weighted by Crippen LogP contribution is 2.43. The molecule has 0 bridgehead atoms. The number of dihydropyridines is 1. The number of halogens is 3. The summed E-state index contributed by atoms with van der Waals surface area (Å²) in [5.41, 5.74) is -3.48. The number of benzene rings is 1. The Kier molecular flexibility index (Phi) is 3.93. The second-order valence-corrected chi connectivity index (χ2v) is 5.47. The number of rotatable bonds is 3. The minimum Gasteiger partial charge on any atom is -0.478 e. The fourth-order valence-corrected chi connectivity index (χ4v) is 2.94. The van der Waals surface area contributed by atoms with Gasteiger partial charge in [-0.3, -0.25) is 0 Å². The van der Waals surface area contributed by atoms with E-state index >= 15 is 0 Å². The molecule has 1 aromatic carbocycles. The van der Waals surface area contributed by atoms with Gasteiger partial charge in [-0.2, -0.15) is 13.2 Å². The lowest BCUT2D eigenvalue weighted by Gasteiger charge is -2.30. The molecule has 3 N–H and O–H groups in total. The van der Waals surface area contributed by atoms with Crippen molar-refractivity contribution in [1.82, 2.24) is 15.6 Å². The first-order chi connectivity index (χ1) is 12.1. The monoisotopic (exact) mass is 369 g/mol. The molecule has 0 radical (unpaired) electrons. The van der Waals surface area contributed by atoms with Gasteiger partial charge in [-0.1, -0.05) is 12.1 Å². The molecule has 0 fully saturated rings. The summed E-state index contributed by atoms with van der Waals surface area (Å²) in [5, 5.41) is 27.9. The number of carboxylic acid groups (broad SMARTS) is 2. The largest absolute Gasteiger partial charge is 0.478 e. The average Bonchev–Trinajstić information content (AvgIpc) is 3.00. The second kappa shape index (κ2) is 5.86. The summed E-state index contributed by atoms with van der Waals surface area (Å²) in [6.07, 6.45) is -5.03. The van der Waals surface area contributed by atoms with Crippen LogP contribution in [0.5, 0.6) is 0 Å². The number of hydrogen-bond acceptors (Lipinski definition) is 6. The maximum atomic E-state index is 13.4. The summed E-state index contributed by atoms with van der Waals surface area (Å²) in [6.45, 7) is 1.13. The second-order valence-electron chi connectivity index (χ2n) is 5.47. The molecular formula is C15H10F3N3O5. The van der Waals surface area contributed by atoms with Crippen LogP contribution in [0, 0.1) is 0 Å². The zero-order chi connectivity index (χ0) is 19.2. The number of carbonyl (C=O) groups is 2. The third-order valence-corrected chi connectivity index (χ3v) is 3.94. The molecule has 1 atom stereocenters. The Morgan fingerprint density at radius 2 is 1.81 bits per heavy atom. The van der Waals surface area contributed by atoms with Crippen LogP contribution >= 0.6 is 0 Å². The smallest absolute Gasteiger partial charge is 0.431 e. The lowest BCUT2D eigenvalue weighted by Crippen LogP contribution is -2.37. The van der Waals surface area contributed by atoms with E-state index in [9.17, 15) is 33.0 Å². The van der Waals surface area contributed by atoms with Crippen molar-refractivity contribution in [3.05, 3.63) is 46.3 Å². The Balaban J connectivity index is 2.39. The molecule has 2 heterocycles. The van der Waals surface area contributed by atoms with Gasteiger partial charge in [0.15, 0.2) is 0 Å². The van der Waals surface area contributed by atoms with Gasteiger partial charge in [0, 0.05) is 5.70 Å². The molecule has 2 aromatic rings. The molecule has 1 aliphatic heterocycles. The summed E-state index contributed by atoms with van der Waals surface area (Å²) in [7, 11) is 0. The van der Waals surface area contributed by atoms with Crippen molar-refractivity contribution >= 4 is 23.0 Å². The third kappa shape index (κ3) is 2.66. The third-order valence-electron chi connectivity index (χ3n) is 3.94. The molecule has 136 valence electrons. The highest BCUT2D eigenvalue weighted by atomic mass is 19.4. The zero-order valence-corrected chi connectivity index (χ0v) is 13.0. The number of allylic oxidation sites excluding steroid dienone is 2. The predicted molar refractivity (Wildman–Crippen MR) is 78.7 cm³/mol. The van der Waals surface area contributed by atoms with Crippen molar-refractivity contribution in [3.8, 4) is 0 Å². The van der Waals surface area contributed by atoms with E-state index in [0.29, 0.717) is 0 Å². The Labute approximate surface area is 142 Å². The first-order valence-electron chi connectivity index (χ1n) is 7.09. The van der Waals surface area contributed by atoms with Crippen LogP contribution in [-0.2, 0) is 9.59 Å². The Morgan fingerprint density at radius 1 is 1.15 bits per heavy atom. The molecular weight excluding hydrogens is 359 g/mol. The number of hydrogen-bond donors (Lipinski definition) is 3. The first kappa shape index (κ1) is 17.5. The molecule has 3 rings (SSSR count). The Hall–Kier alpha value is -3.37. The van der Waals surface area contributed by atoms with Crippen LogP contribution < -0.4 is 5.32 Å². The van der Waals surface area contributed by atoms with Crippen LogP contribution in [0.1, 0.15) is 18.4 Å². The van der Waals surface area contributed by atoms with E-state index in [1.165, 1.54) is 18.2 Å². The van der Waals surface area contributed by atoms with Crippen LogP contribution in [0.2, 0.25) is 0 Å². The van der Waals surface area contributed by atoms with Gasteiger partial charge in [0.1, 0.15) is 16.7 Å². The van der Waals surface area contributed by atoms with Crippen LogP contribution in [0.4, 0.5) is 13.2 Å². The van der Waals surface area contributed by atoms with E-state index in [2.05, 4.69) is 14.9 Å². The lowest BCUT2D eigenvalue weighted by molar-refractivity contribution is -0.135. The predicted octanol–water partition coefficient (Wildman–Crippen LogP) is 2.17. The maximum absolute atomic E-state index is 13.4. The fourth-order valence-electron chi connectivity index (χ4n) is 2.94. The van der Waals surface area contributed by atoms with Gasteiger partial charge in [-0.05, 0) is 28.9 Å². The van der Waals surface area contributed by atoms with Gasteiger partial charge in [-0.25, -0.2) is 14.2 Å². The summed E-state index contributed by atoms with van der Waals surface area (Å²) >= 11 is 0. The highest BCUT2D eigenvalue weighted by Gasteiger charge is 2.47. The summed E-state index contributed by atoms with van der Waals surface area (Å²) in [4.78, 5) is 23.4. The van der Waals surface area contributed by atoms with Crippen molar-refractivity contribution < 1.29 is 37.6 Å². The standard InChI is InChI=1S/C15H10F3N3O5/c1-5-8(13(22)23)9(6-3-2-4-7-11(6)21-26-20-7)10(14(24)25)12(19-5)15(16,17)18/h2-4,9,19H,1H3,(H,22,23)(H,24,25). The Morgan fingerprint density at radius 3 is 2.38 bits per heavy atom. The number of nitrogens with zero attached hydrogens (tertiary/aromatic N) is 2. The van der Waals surface area contributed by atoms with E-state index in [1.807, 2.05) is 5.32 Å². The first-order valence-corrected chi connectivity index (χ1v) is 7.09. The zero-order valence-electron chi connectivity index (χ0n) is 13.0. The quantitative estimate of drug-likeness (QED) is 0.752. The molecule has 11 heteroatoms. The van der Waals surface area contributed by atoms with E-state index in [-0.39, 0.29) is 22.3 Å². The van der Waals surface area contributed by atoms with E-state index < -0.39 is 40.9 Å². The molecule has 0 saturated carbocycles. The minimum atomic E-state index is -5.03. The van der Waals surface area contributed by atoms with E-state index in [4.69, 9.17) is 0 Å². The summed E-state index contributed by atoms with van der Waals surface area (Å²) in [6, 6.07) is 4.13. The van der Waals surface area contributed by atoms with Gasteiger partial charge in [0.25, 0.3) is 0 Å².